The molecule has 0 spiro atoms. The number of urea groups is 1. The van der Waals surface area contributed by atoms with Crippen LogP contribution in [0.15, 0.2) is 11.2 Å². The number of amidine groups is 1. The molecule has 0 saturated carbocycles. The highest BCUT2D eigenvalue weighted by Gasteiger charge is 2.52. The number of imide groups is 1. The van der Waals surface area contributed by atoms with Crippen LogP contribution < -0.4 is 4.57 Å². The van der Waals surface area contributed by atoms with Gasteiger partial charge in [-0.2, -0.15) is 0 Å². The molecule has 0 aromatic carbocycles. The molecule has 0 aliphatic carbocycles. The Balaban J connectivity index is 1.92. The van der Waals surface area contributed by atoms with Crippen molar-refractivity contribution in [2.24, 2.45) is 4.99 Å². The molecular formula is C14H20N5O4+. The standard InChI is InChI=1S/C14H20N5O4/c1-9-8-19-10-11(16(2)14(22)17(3)12(10)21)15-13(19)18(9)4-6-23-7-5-20/h8,10,20H,4-7H2,1-3H3/q+1. The lowest BCUT2D eigenvalue weighted by Crippen LogP contribution is -2.61. The van der Waals surface area contributed by atoms with E-state index in [1.54, 1.807) is 11.6 Å². The van der Waals surface area contributed by atoms with Gasteiger partial charge < -0.3 is 9.84 Å². The SMILES string of the molecule is Cc1c[n+]2c(n1CCOCCO)N=C1C2C(=O)N(C)C(=O)N1C. The number of carbonyl (C=O) groups excluding carboxylic acids is 2. The molecule has 3 heterocycles. The number of imidazole rings is 1. The predicted octanol–water partition coefficient (Wildman–Crippen LogP) is -0.799. The largest absolute Gasteiger partial charge is 0.402 e. The summed E-state index contributed by atoms with van der Waals surface area (Å²) in [4.78, 5) is 31.5. The Bertz CT molecular complexity index is 696. The first kappa shape index (κ1) is 15.6. The highest BCUT2D eigenvalue weighted by atomic mass is 16.5. The van der Waals surface area contributed by atoms with Gasteiger partial charge in [0.05, 0.1) is 26.4 Å². The second-order valence-corrected chi connectivity index (χ2v) is 5.58. The maximum atomic E-state index is 12.5. The number of aliphatic hydroxyl groups excluding tert-OH is 1. The van der Waals surface area contributed by atoms with Crippen molar-refractivity contribution in [2.45, 2.75) is 19.5 Å². The van der Waals surface area contributed by atoms with Crippen LogP contribution in [-0.2, 0) is 16.1 Å². The molecule has 1 aromatic heterocycles. The lowest BCUT2D eigenvalue weighted by Gasteiger charge is -2.30. The number of aliphatic hydroxyl groups is 1. The zero-order valence-electron chi connectivity index (χ0n) is 13.4. The first-order valence-electron chi connectivity index (χ1n) is 7.41. The summed E-state index contributed by atoms with van der Waals surface area (Å²) >= 11 is 0. The second-order valence-electron chi connectivity index (χ2n) is 5.58. The van der Waals surface area contributed by atoms with Crippen LogP contribution in [0.2, 0.25) is 0 Å². The van der Waals surface area contributed by atoms with Crippen molar-refractivity contribution in [2.75, 3.05) is 33.9 Å². The fourth-order valence-electron chi connectivity index (χ4n) is 2.91. The fourth-order valence-corrected chi connectivity index (χ4v) is 2.91. The van der Waals surface area contributed by atoms with Crippen LogP contribution in [0.3, 0.4) is 0 Å². The van der Waals surface area contributed by atoms with E-state index in [-0.39, 0.29) is 25.2 Å². The third-order valence-electron chi connectivity index (χ3n) is 4.14. The van der Waals surface area contributed by atoms with E-state index in [0.29, 0.717) is 24.9 Å². The van der Waals surface area contributed by atoms with Gasteiger partial charge in [-0.3, -0.25) is 14.6 Å². The Morgan fingerprint density at radius 1 is 1.30 bits per heavy atom. The first-order chi connectivity index (χ1) is 11.0. The topological polar surface area (TPSA) is 91.2 Å². The van der Waals surface area contributed by atoms with Gasteiger partial charge in [0.2, 0.25) is 11.9 Å². The first-order valence-corrected chi connectivity index (χ1v) is 7.41. The minimum Gasteiger partial charge on any atom is -0.394 e. The molecule has 1 atom stereocenters. The van der Waals surface area contributed by atoms with E-state index >= 15 is 0 Å². The maximum Gasteiger partial charge on any atom is 0.402 e. The van der Waals surface area contributed by atoms with Gasteiger partial charge in [0, 0.05) is 14.1 Å². The summed E-state index contributed by atoms with van der Waals surface area (Å²) in [7, 11) is 3.09. The fraction of sp³-hybridized carbons (Fsp3) is 0.571. The summed E-state index contributed by atoms with van der Waals surface area (Å²) in [6.45, 7) is 3.18. The second kappa shape index (κ2) is 5.74. The van der Waals surface area contributed by atoms with Gasteiger partial charge in [-0.05, 0) is 6.92 Å². The number of rotatable bonds is 5. The smallest absolute Gasteiger partial charge is 0.394 e. The molecule has 0 radical (unpaired) electrons. The lowest BCUT2D eigenvalue weighted by molar-refractivity contribution is -0.677. The molecule has 1 saturated heterocycles. The van der Waals surface area contributed by atoms with E-state index in [4.69, 9.17) is 9.84 Å². The predicted molar refractivity (Wildman–Crippen MR) is 79.3 cm³/mol. The van der Waals surface area contributed by atoms with E-state index < -0.39 is 6.04 Å². The van der Waals surface area contributed by atoms with Crippen LogP contribution in [-0.4, -0.2) is 71.2 Å². The molecule has 1 unspecified atom stereocenters. The van der Waals surface area contributed by atoms with E-state index in [0.717, 1.165) is 10.6 Å². The number of amides is 3. The third kappa shape index (κ3) is 2.32. The van der Waals surface area contributed by atoms with E-state index in [1.165, 1.54) is 11.9 Å². The van der Waals surface area contributed by atoms with Gasteiger partial charge in [0.1, 0.15) is 11.9 Å². The van der Waals surface area contributed by atoms with Gasteiger partial charge in [0.15, 0.2) is 0 Å². The van der Waals surface area contributed by atoms with Crippen LogP contribution in [0, 0.1) is 6.92 Å². The van der Waals surface area contributed by atoms with Crippen LogP contribution >= 0.6 is 0 Å². The zero-order valence-corrected chi connectivity index (χ0v) is 13.4. The van der Waals surface area contributed by atoms with Crippen LogP contribution in [0.5, 0.6) is 0 Å². The number of carbonyl (C=O) groups is 2. The number of aromatic nitrogens is 2. The Labute approximate surface area is 133 Å². The summed E-state index contributed by atoms with van der Waals surface area (Å²) < 4.78 is 9.03. The zero-order chi connectivity index (χ0) is 16.7. The molecule has 1 N–H and O–H groups in total. The van der Waals surface area contributed by atoms with Crippen LogP contribution in [0.25, 0.3) is 0 Å². The third-order valence-corrected chi connectivity index (χ3v) is 4.14. The van der Waals surface area contributed by atoms with Crippen molar-refractivity contribution in [1.82, 2.24) is 14.4 Å². The molecule has 3 rings (SSSR count). The van der Waals surface area contributed by atoms with Gasteiger partial charge in [-0.15, -0.1) is 0 Å². The van der Waals surface area contributed by atoms with Gasteiger partial charge in [0.25, 0.3) is 5.91 Å². The summed E-state index contributed by atoms with van der Waals surface area (Å²) in [5.41, 5.74) is 0.949. The summed E-state index contributed by atoms with van der Waals surface area (Å²) in [6, 6.07) is -0.985. The average molecular weight is 322 g/mol. The molecule has 3 amide bonds. The van der Waals surface area contributed by atoms with Gasteiger partial charge >= 0.3 is 12.0 Å². The highest BCUT2D eigenvalue weighted by molar-refractivity contribution is 6.18. The Kier molecular flexibility index (Phi) is 3.90. The minimum absolute atomic E-state index is 0.0182. The summed E-state index contributed by atoms with van der Waals surface area (Å²) in [5.74, 6) is 0.779. The Morgan fingerprint density at radius 3 is 2.74 bits per heavy atom. The number of fused-ring (bicyclic) bond motifs is 3. The molecule has 1 fully saturated rings. The molecule has 0 bridgehead atoms. The number of ether oxygens (including phenoxy) is 1. The number of nitrogens with zero attached hydrogens (tertiary/aromatic N) is 5. The van der Waals surface area contributed by atoms with Crippen molar-refractivity contribution < 1.29 is 24.0 Å². The molecule has 124 valence electrons. The molecule has 9 heteroatoms. The molecule has 1 aromatic rings. The van der Waals surface area contributed by atoms with Crippen molar-refractivity contribution in [3.05, 3.63) is 11.9 Å². The number of aryl methyl sites for hydroxylation is 1. The van der Waals surface area contributed by atoms with Crippen LogP contribution in [0.1, 0.15) is 11.7 Å². The van der Waals surface area contributed by atoms with Crippen molar-refractivity contribution >= 4 is 23.7 Å². The summed E-state index contributed by atoms with van der Waals surface area (Å²) in [5, 5.41) is 8.74. The molecule has 9 nitrogen and oxygen atoms in total. The number of hydrogen-bond acceptors (Lipinski definition) is 5. The van der Waals surface area contributed by atoms with Crippen molar-refractivity contribution in [3.63, 3.8) is 0 Å². The quantitative estimate of drug-likeness (QED) is 0.568. The van der Waals surface area contributed by atoms with Gasteiger partial charge in [-0.25, -0.2) is 13.9 Å². The van der Waals surface area contributed by atoms with E-state index in [1.807, 2.05) is 17.7 Å². The van der Waals surface area contributed by atoms with Gasteiger partial charge in [-0.1, -0.05) is 4.99 Å². The van der Waals surface area contributed by atoms with Crippen molar-refractivity contribution in [3.8, 4) is 0 Å². The van der Waals surface area contributed by atoms with Crippen LogP contribution in [0.4, 0.5) is 10.7 Å². The normalized spacial score (nSPS) is 20.0. The lowest BCUT2D eigenvalue weighted by atomic mass is 10.2. The van der Waals surface area contributed by atoms with Crippen molar-refractivity contribution in [1.29, 1.82) is 0 Å². The van der Waals surface area contributed by atoms with E-state index in [2.05, 4.69) is 4.99 Å². The Hall–Kier alpha value is -2.26. The molecule has 2 aliphatic rings. The molecule has 2 aliphatic heterocycles. The monoisotopic (exact) mass is 322 g/mol. The number of aliphatic imine (C=N–C) groups is 1. The molecular weight excluding hydrogens is 302 g/mol. The minimum atomic E-state index is -0.601. The van der Waals surface area contributed by atoms with E-state index in [9.17, 15) is 9.59 Å². The highest BCUT2D eigenvalue weighted by Crippen LogP contribution is 2.28. The molecule has 23 heavy (non-hydrogen) atoms. The summed E-state index contributed by atoms with van der Waals surface area (Å²) in [6.07, 6.45) is 1.86. The number of hydrogen-bond donors (Lipinski definition) is 1. The Morgan fingerprint density at radius 2 is 2.04 bits per heavy atom. The maximum absolute atomic E-state index is 12.5. The average Bonchev–Trinajstić information content (AvgIpc) is 3.03. The number of likely N-dealkylation sites (N-methyl/N-ethyl adjacent to an activating group) is 2.